The molecule has 0 aliphatic carbocycles. The van der Waals surface area contributed by atoms with Crippen LogP contribution in [-0.4, -0.2) is 73.2 Å². The zero-order chi connectivity index (χ0) is 35.3. The summed E-state index contributed by atoms with van der Waals surface area (Å²) in [5.74, 6) is 2.61. The summed E-state index contributed by atoms with van der Waals surface area (Å²) in [5, 5.41) is 0. The standard InChI is InChI=1S/C42H42N2O6S2/c45-41(49-33-5-13-37(14-6-33)51-35-9-1-31(2-10-35)47-39-27-43-23-19-29(39)20-24-43)17-18-42(46)50-34-7-15-38(16-8-34)52-36-11-3-32(4-12-36)48-40-28-44-25-21-30(40)22-26-44/h1-18,29-30,39-40H,19-28H2/b18-17+/t39-,40-/m0/s1. The zero-order valence-electron chi connectivity index (χ0n) is 28.9. The monoisotopic (exact) mass is 734 g/mol. The van der Waals surface area contributed by atoms with Gasteiger partial charge < -0.3 is 18.9 Å². The molecule has 6 saturated heterocycles. The first-order chi connectivity index (χ1) is 25.5. The second-order valence-electron chi connectivity index (χ2n) is 13.9. The summed E-state index contributed by atoms with van der Waals surface area (Å²) in [6.45, 7) is 6.86. The molecule has 268 valence electrons. The number of fused-ring (bicyclic) bond motifs is 6. The van der Waals surface area contributed by atoms with Crippen LogP contribution in [0.4, 0.5) is 0 Å². The molecular weight excluding hydrogens is 693 g/mol. The molecule has 0 radical (unpaired) electrons. The maximum atomic E-state index is 12.4. The Kier molecular flexibility index (Phi) is 10.9. The van der Waals surface area contributed by atoms with Gasteiger partial charge in [0.15, 0.2) is 0 Å². The van der Waals surface area contributed by atoms with Gasteiger partial charge in [-0.25, -0.2) is 9.59 Å². The van der Waals surface area contributed by atoms with E-state index in [1.165, 1.54) is 51.9 Å². The van der Waals surface area contributed by atoms with E-state index in [1.807, 2.05) is 48.5 Å². The number of esters is 2. The van der Waals surface area contributed by atoms with Crippen molar-refractivity contribution < 1.29 is 28.5 Å². The highest BCUT2D eigenvalue weighted by Gasteiger charge is 2.36. The molecule has 2 atom stereocenters. The average Bonchev–Trinajstić information content (AvgIpc) is 3.18. The van der Waals surface area contributed by atoms with Crippen molar-refractivity contribution in [2.75, 3.05) is 39.3 Å². The first-order valence-corrected chi connectivity index (χ1v) is 19.8. The van der Waals surface area contributed by atoms with Gasteiger partial charge in [0, 0.05) is 44.8 Å². The first kappa shape index (κ1) is 34.8. The van der Waals surface area contributed by atoms with E-state index in [9.17, 15) is 9.59 Å². The summed E-state index contributed by atoms with van der Waals surface area (Å²) in [6.07, 6.45) is 7.63. The lowest BCUT2D eigenvalue weighted by Gasteiger charge is -2.44. The maximum absolute atomic E-state index is 12.4. The number of carbonyl (C=O) groups excluding carboxylic acids is 2. The van der Waals surface area contributed by atoms with Crippen LogP contribution in [-0.2, 0) is 9.59 Å². The van der Waals surface area contributed by atoms with Crippen LogP contribution in [0.1, 0.15) is 25.7 Å². The zero-order valence-corrected chi connectivity index (χ0v) is 30.6. The Labute approximate surface area is 313 Å². The molecule has 0 aromatic heterocycles. The Morgan fingerprint density at radius 3 is 1.08 bits per heavy atom. The van der Waals surface area contributed by atoms with Crippen molar-refractivity contribution in [3.05, 3.63) is 109 Å². The van der Waals surface area contributed by atoms with Gasteiger partial charge in [-0.3, -0.25) is 9.80 Å². The number of nitrogens with zero attached hydrogens (tertiary/aromatic N) is 2. The molecular formula is C42H42N2O6S2. The smallest absolute Gasteiger partial charge is 0.336 e. The minimum Gasteiger partial charge on any atom is -0.489 e. The fourth-order valence-corrected chi connectivity index (χ4v) is 9.10. The van der Waals surface area contributed by atoms with Crippen molar-refractivity contribution in [2.45, 2.75) is 57.5 Å². The Hall–Kier alpha value is -4.22. The van der Waals surface area contributed by atoms with Crippen LogP contribution in [0.2, 0.25) is 0 Å². The minimum atomic E-state index is -0.664. The van der Waals surface area contributed by atoms with Gasteiger partial charge in [0.2, 0.25) is 0 Å². The molecule has 6 heterocycles. The lowest BCUT2D eigenvalue weighted by molar-refractivity contribution is -0.131. The quantitative estimate of drug-likeness (QED) is 0.0812. The van der Waals surface area contributed by atoms with Crippen LogP contribution in [0.5, 0.6) is 23.0 Å². The fourth-order valence-electron chi connectivity index (χ4n) is 7.47. The van der Waals surface area contributed by atoms with Crippen molar-refractivity contribution in [3.63, 3.8) is 0 Å². The SMILES string of the molecule is O=C(/C=C/C(=O)Oc1ccc(Sc2ccc(O[C@H]3CN4CCC3CC4)cc2)cc1)Oc1ccc(Sc2ccc(O[C@H]3CN4CCC3CC4)cc2)cc1. The normalized spacial score (nSPS) is 24.8. The number of hydrogen-bond acceptors (Lipinski definition) is 10. The summed E-state index contributed by atoms with van der Waals surface area (Å²) >= 11 is 3.24. The molecule has 4 aromatic rings. The molecule has 0 amide bonds. The Morgan fingerprint density at radius 1 is 0.481 bits per heavy atom. The van der Waals surface area contributed by atoms with Gasteiger partial charge in [-0.15, -0.1) is 0 Å². The number of rotatable bonds is 12. The van der Waals surface area contributed by atoms with E-state index < -0.39 is 11.9 Å². The molecule has 10 heteroatoms. The average molecular weight is 735 g/mol. The Bertz CT molecular complexity index is 1710. The highest BCUT2D eigenvalue weighted by molar-refractivity contribution is 7.99. The van der Waals surface area contributed by atoms with E-state index in [0.717, 1.165) is 56.3 Å². The summed E-state index contributed by atoms with van der Waals surface area (Å²) in [4.78, 5) is 34.0. The lowest BCUT2D eigenvalue weighted by Crippen LogP contribution is -2.52. The van der Waals surface area contributed by atoms with Crippen LogP contribution < -0.4 is 18.9 Å². The highest BCUT2D eigenvalue weighted by atomic mass is 32.2. The number of ether oxygens (including phenoxy) is 4. The number of piperidine rings is 6. The number of carbonyl (C=O) groups is 2. The molecule has 10 rings (SSSR count). The molecule has 0 N–H and O–H groups in total. The molecule has 4 aromatic carbocycles. The first-order valence-electron chi connectivity index (χ1n) is 18.1. The van der Waals surface area contributed by atoms with Crippen LogP contribution >= 0.6 is 23.5 Å². The van der Waals surface area contributed by atoms with Crippen LogP contribution in [0, 0.1) is 11.8 Å². The van der Waals surface area contributed by atoms with Crippen molar-refractivity contribution in [1.29, 1.82) is 0 Å². The lowest BCUT2D eigenvalue weighted by atomic mass is 9.86. The minimum absolute atomic E-state index is 0.286. The van der Waals surface area contributed by atoms with Gasteiger partial charge in [0.1, 0.15) is 35.2 Å². The Balaban J connectivity index is 0.752. The third-order valence-electron chi connectivity index (χ3n) is 10.3. The van der Waals surface area contributed by atoms with Crippen LogP contribution in [0.3, 0.4) is 0 Å². The van der Waals surface area contributed by atoms with Gasteiger partial charge in [0.25, 0.3) is 0 Å². The second kappa shape index (κ2) is 16.2. The summed E-state index contributed by atoms with van der Waals surface area (Å²) < 4.78 is 23.4. The third-order valence-corrected chi connectivity index (χ3v) is 12.4. The van der Waals surface area contributed by atoms with Gasteiger partial charge in [-0.1, -0.05) is 23.5 Å². The van der Waals surface area contributed by atoms with Gasteiger partial charge >= 0.3 is 11.9 Å². The van der Waals surface area contributed by atoms with Crippen molar-refractivity contribution in [3.8, 4) is 23.0 Å². The molecule has 0 unspecified atom stereocenters. The van der Waals surface area contributed by atoms with Crippen molar-refractivity contribution >= 4 is 35.5 Å². The number of benzene rings is 4. The van der Waals surface area contributed by atoms with E-state index >= 15 is 0 Å². The summed E-state index contributed by atoms with van der Waals surface area (Å²) in [7, 11) is 0. The van der Waals surface area contributed by atoms with Gasteiger partial charge in [0.05, 0.1) is 0 Å². The van der Waals surface area contributed by atoms with Crippen LogP contribution in [0.15, 0.2) is 129 Å². The number of hydrogen-bond donors (Lipinski definition) is 0. The Morgan fingerprint density at radius 2 is 0.788 bits per heavy atom. The van der Waals surface area contributed by atoms with Crippen LogP contribution in [0.25, 0.3) is 0 Å². The van der Waals surface area contributed by atoms with E-state index in [4.69, 9.17) is 18.9 Å². The van der Waals surface area contributed by atoms with E-state index in [2.05, 4.69) is 34.1 Å². The molecule has 6 aliphatic heterocycles. The molecule has 6 aliphatic rings. The summed E-state index contributed by atoms with van der Waals surface area (Å²) in [5.41, 5.74) is 0. The van der Waals surface area contributed by atoms with Gasteiger partial charge in [-0.2, -0.15) is 0 Å². The van der Waals surface area contributed by atoms with Crippen molar-refractivity contribution in [2.24, 2.45) is 11.8 Å². The van der Waals surface area contributed by atoms with E-state index in [-0.39, 0.29) is 12.2 Å². The molecule has 52 heavy (non-hydrogen) atoms. The van der Waals surface area contributed by atoms with Gasteiger partial charge in [-0.05, 0) is 161 Å². The summed E-state index contributed by atoms with van der Waals surface area (Å²) in [6, 6.07) is 31.0. The van der Waals surface area contributed by atoms with E-state index in [0.29, 0.717) is 23.3 Å². The predicted molar refractivity (Wildman–Crippen MR) is 202 cm³/mol. The van der Waals surface area contributed by atoms with E-state index in [1.54, 1.807) is 47.8 Å². The molecule has 0 spiro atoms. The molecule has 0 saturated carbocycles. The topological polar surface area (TPSA) is 77.5 Å². The molecule has 4 bridgehead atoms. The second-order valence-corrected chi connectivity index (χ2v) is 16.1. The maximum Gasteiger partial charge on any atom is 0.336 e. The predicted octanol–water partition coefficient (Wildman–Crippen LogP) is 8.00. The largest absolute Gasteiger partial charge is 0.489 e. The molecule has 6 fully saturated rings. The highest BCUT2D eigenvalue weighted by Crippen LogP contribution is 2.35. The fraction of sp³-hybridized carbons (Fsp3) is 0.333. The third kappa shape index (κ3) is 9.04. The van der Waals surface area contributed by atoms with Crippen molar-refractivity contribution in [1.82, 2.24) is 9.80 Å². The molecule has 8 nitrogen and oxygen atoms in total.